The molecule has 1 N–H and O–H groups in total. The van der Waals surface area contributed by atoms with Gasteiger partial charge >= 0.3 is 5.97 Å². The number of carbonyl (C=O) groups is 2. The number of hydrogen-bond acceptors (Lipinski definition) is 3. The van der Waals surface area contributed by atoms with E-state index < -0.39 is 11.6 Å². The minimum Gasteiger partial charge on any atom is -0.480 e. The predicted molar refractivity (Wildman–Crippen MR) is 60.1 cm³/mol. The van der Waals surface area contributed by atoms with Crippen molar-refractivity contribution in [2.24, 2.45) is 0 Å². The number of carboxylic acids is 1. The van der Waals surface area contributed by atoms with Gasteiger partial charge in [-0.15, -0.1) is 6.58 Å². The molecule has 0 spiro atoms. The highest BCUT2D eigenvalue weighted by Gasteiger charge is 2.35. The number of amides is 1. The van der Waals surface area contributed by atoms with Crippen LogP contribution in [0.4, 0.5) is 0 Å². The summed E-state index contributed by atoms with van der Waals surface area (Å²) in [5.41, 5.74) is -0.974. The molecule has 0 saturated heterocycles. The van der Waals surface area contributed by atoms with Crippen LogP contribution in [0.3, 0.4) is 0 Å². The van der Waals surface area contributed by atoms with E-state index in [1.165, 1.54) is 18.1 Å². The van der Waals surface area contributed by atoms with Crippen molar-refractivity contribution in [3.63, 3.8) is 0 Å². The quantitative estimate of drug-likeness (QED) is 0.659. The molecule has 1 amide bonds. The van der Waals surface area contributed by atoms with Crippen LogP contribution in [0.25, 0.3) is 0 Å². The zero-order valence-electron chi connectivity index (χ0n) is 10.0. The zero-order valence-corrected chi connectivity index (χ0v) is 10.0. The van der Waals surface area contributed by atoms with Gasteiger partial charge in [-0.25, -0.2) is 0 Å². The summed E-state index contributed by atoms with van der Waals surface area (Å²) in [7, 11) is 1.44. The molecule has 0 radical (unpaired) electrons. The highest BCUT2D eigenvalue weighted by atomic mass is 16.5. The van der Waals surface area contributed by atoms with Crippen molar-refractivity contribution in [2.75, 3.05) is 20.2 Å². The van der Waals surface area contributed by atoms with Gasteiger partial charge in [-0.2, -0.15) is 0 Å². The van der Waals surface area contributed by atoms with Gasteiger partial charge in [-0.3, -0.25) is 9.59 Å². The largest absolute Gasteiger partial charge is 0.480 e. The van der Waals surface area contributed by atoms with Crippen LogP contribution in [0.1, 0.15) is 20.3 Å². The lowest BCUT2D eigenvalue weighted by Gasteiger charge is -2.31. The number of ether oxygens (including phenoxy) is 1. The van der Waals surface area contributed by atoms with Crippen molar-refractivity contribution in [3.05, 3.63) is 12.7 Å². The summed E-state index contributed by atoms with van der Waals surface area (Å²) in [4.78, 5) is 23.9. The molecule has 0 saturated carbocycles. The lowest BCUT2D eigenvalue weighted by molar-refractivity contribution is -0.157. The van der Waals surface area contributed by atoms with Gasteiger partial charge in [0.05, 0.1) is 0 Å². The van der Waals surface area contributed by atoms with Crippen molar-refractivity contribution in [1.29, 1.82) is 0 Å². The topological polar surface area (TPSA) is 66.8 Å². The van der Waals surface area contributed by atoms with Crippen LogP contribution in [0.15, 0.2) is 12.7 Å². The summed E-state index contributed by atoms with van der Waals surface area (Å²) in [6, 6.07) is 0. The second-order valence-electron chi connectivity index (χ2n) is 3.66. The maximum Gasteiger partial charge on any atom is 0.323 e. The molecule has 0 aliphatic rings. The van der Waals surface area contributed by atoms with Crippen molar-refractivity contribution >= 4 is 11.9 Å². The number of aliphatic carboxylic acids is 1. The van der Waals surface area contributed by atoms with Gasteiger partial charge in [-0.1, -0.05) is 13.0 Å². The molecule has 1 atom stereocenters. The van der Waals surface area contributed by atoms with Gasteiger partial charge in [0, 0.05) is 13.7 Å². The van der Waals surface area contributed by atoms with Gasteiger partial charge in [0.15, 0.2) is 0 Å². The van der Waals surface area contributed by atoms with Gasteiger partial charge in [0.1, 0.15) is 12.1 Å². The number of methoxy groups -OCH3 is 1. The van der Waals surface area contributed by atoms with Crippen LogP contribution >= 0.6 is 0 Å². The first-order valence-corrected chi connectivity index (χ1v) is 5.08. The smallest absolute Gasteiger partial charge is 0.323 e. The van der Waals surface area contributed by atoms with Crippen molar-refractivity contribution in [3.8, 4) is 0 Å². The van der Waals surface area contributed by atoms with Gasteiger partial charge < -0.3 is 14.7 Å². The lowest BCUT2D eigenvalue weighted by atomic mass is 10.0. The normalized spacial score (nSPS) is 13.9. The Kier molecular flexibility index (Phi) is 5.74. The lowest BCUT2D eigenvalue weighted by Crippen LogP contribution is -2.49. The molecule has 0 rings (SSSR count). The van der Waals surface area contributed by atoms with E-state index in [0.29, 0.717) is 6.42 Å². The first-order chi connectivity index (χ1) is 7.41. The van der Waals surface area contributed by atoms with Crippen LogP contribution in [-0.4, -0.2) is 47.7 Å². The molecule has 0 aliphatic carbocycles. The maximum atomic E-state index is 12.0. The van der Waals surface area contributed by atoms with Crippen molar-refractivity contribution < 1.29 is 19.4 Å². The number of hydrogen-bond donors (Lipinski definition) is 1. The summed E-state index contributed by atoms with van der Waals surface area (Å²) in [6.07, 6.45) is 1.97. The number of nitrogens with zero attached hydrogens (tertiary/aromatic N) is 1. The second-order valence-corrected chi connectivity index (χ2v) is 3.66. The average molecular weight is 229 g/mol. The van der Waals surface area contributed by atoms with E-state index in [2.05, 4.69) is 6.58 Å². The summed E-state index contributed by atoms with van der Waals surface area (Å²) in [5.74, 6) is -1.38. The number of rotatable bonds is 7. The third kappa shape index (κ3) is 3.66. The molecule has 92 valence electrons. The fourth-order valence-corrected chi connectivity index (χ4v) is 1.26. The minimum atomic E-state index is -1.05. The Morgan fingerprint density at radius 2 is 2.12 bits per heavy atom. The highest BCUT2D eigenvalue weighted by Crippen LogP contribution is 2.17. The molecule has 5 nitrogen and oxygen atoms in total. The van der Waals surface area contributed by atoms with Crippen LogP contribution in [-0.2, 0) is 14.3 Å². The minimum absolute atomic E-state index is 0.198. The summed E-state index contributed by atoms with van der Waals surface area (Å²) < 4.78 is 5.14. The van der Waals surface area contributed by atoms with Gasteiger partial charge in [0.2, 0.25) is 0 Å². The highest BCUT2D eigenvalue weighted by molar-refractivity contribution is 5.87. The average Bonchev–Trinajstić information content (AvgIpc) is 2.26. The third-order valence-corrected chi connectivity index (χ3v) is 2.54. The van der Waals surface area contributed by atoms with Gasteiger partial charge in [-0.05, 0) is 13.3 Å². The Hall–Kier alpha value is -1.36. The second kappa shape index (κ2) is 6.27. The van der Waals surface area contributed by atoms with Crippen molar-refractivity contribution in [1.82, 2.24) is 4.90 Å². The Morgan fingerprint density at radius 3 is 2.44 bits per heavy atom. The number of carboxylic acid groups (broad SMARTS) is 1. The predicted octanol–water partition coefficient (Wildman–Crippen LogP) is 0.901. The fourth-order valence-electron chi connectivity index (χ4n) is 1.26. The third-order valence-electron chi connectivity index (χ3n) is 2.54. The first kappa shape index (κ1) is 14.6. The number of carbonyl (C=O) groups excluding carboxylic acids is 1. The van der Waals surface area contributed by atoms with Crippen molar-refractivity contribution in [2.45, 2.75) is 25.9 Å². The van der Waals surface area contributed by atoms with Gasteiger partial charge in [0.25, 0.3) is 5.91 Å². The standard InChI is InChI=1S/C11H19NO4/c1-5-7-12(8-9(13)14)10(15)11(3,6-2)16-4/h5H,1,6-8H2,2-4H3,(H,13,14). The molecule has 0 heterocycles. The molecular weight excluding hydrogens is 210 g/mol. The molecule has 0 aromatic heterocycles. The van der Waals surface area contributed by atoms with Crippen LogP contribution in [0.5, 0.6) is 0 Å². The summed E-state index contributed by atoms with van der Waals surface area (Å²) in [6.45, 7) is 6.81. The van der Waals surface area contributed by atoms with E-state index >= 15 is 0 Å². The van der Waals surface area contributed by atoms with Crippen LogP contribution in [0, 0.1) is 0 Å². The Labute approximate surface area is 95.7 Å². The molecule has 0 aromatic rings. The molecule has 0 fully saturated rings. The van der Waals surface area contributed by atoms with E-state index in [9.17, 15) is 9.59 Å². The molecule has 0 aliphatic heterocycles. The molecule has 0 bridgehead atoms. The molecule has 1 unspecified atom stereocenters. The Morgan fingerprint density at radius 1 is 1.56 bits per heavy atom. The fraction of sp³-hybridized carbons (Fsp3) is 0.636. The SMILES string of the molecule is C=CCN(CC(=O)O)C(=O)C(C)(CC)OC. The van der Waals surface area contributed by atoms with E-state index in [4.69, 9.17) is 9.84 Å². The molecular formula is C11H19NO4. The van der Waals surface area contributed by atoms with E-state index in [1.807, 2.05) is 6.92 Å². The Balaban J connectivity index is 4.84. The van der Waals surface area contributed by atoms with Crippen LogP contribution < -0.4 is 0 Å². The Bertz CT molecular complexity index is 271. The van der Waals surface area contributed by atoms with Crippen LogP contribution in [0.2, 0.25) is 0 Å². The molecule has 5 heteroatoms. The van der Waals surface area contributed by atoms with E-state index in [-0.39, 0.29) is 19.0 Å². The van der Waals surface area contributed by atoms with E-state index in [0.717, 1.165) is 0 Å². The summed E-state index contributed by atoms with van der Waals surface area (Å²) >= 11 is 0. The molecule has 0 aromatic carbocycles. The zero-order chi connectivity index (χ0) is 12.8. The molecule has 16 heavy (non-hydrogen) atoms. The monoisotopic (exact) mass is 229 g/mol. The summed E-state index contributed by atoms with van der Waals surface area (Å²) in [5, 5.41) is 8.70. The van der Waals surface area contributed by atoms with E-state index in [1.54, 1.807) is 6.92 Å². The first-order valence-electron chi connectivity index (χ1n) is 5.08. The maximum absolute atomic E-state index is 12.0.